The number of carbonyl (C=O) groups excluding carboxylic acids is 1. The van der Waals surface area contributed by atoms with E-state index in [1.165, 1.54) is 17.4 Å². The van der Waals surface area contributed by atoms with E-state index in [1.807, 2.05) is 18.4 Å². The number of aryl methyl sites for hydroxylation is 1. The van der Waals surface area contributed by atoms with Gasteiger partial charge in [-0.25, -0.2) is 4.79 Å². The van der Waals surface area contributed by atoms with Crippen molar-refractivity contribution in [3.05, 3.63) is 28.0 Å². The van der Waals surface area contributed by atoms with Gasteiger partial charge in [0.2, 0.25) is 5.91 Å². The Hall–Kier alpha value is -1.66. The Balaban J connectivity index is 2.58. The zero-order valence-corrected chi connectivity index (χ0v) is 10.0. The summed E-state index contributed by atoms with van der Waals surface area (Å²) in [5, 5.41) is 21.4. The maximum Gasteiger partial charge on any atom is 0.328 e. The van der Waals surface area contributed by atoms with Crippen LogP contribution >= 0.6 is 11.3 Å². The summed E-state index contributed by atoms with van der Waals surface area (Å²) in [6.07, 6.45) is 2.87. The molecule has 1 unspecified atom stereocenters. The van der Waals surface area contributed by atoms with Crippen LogP contribution in [-0.2, 0) is 9.59 Å². The van der Waals surface area contributed by atoms with Gasteiger partial charge in [0.15, 0.2) is 6.04 Å². The van der Waals surface area contributed by atoms with Crippen LogP contribution < -0.4 is 5.32 Å². The van der Waals surface area contributed by atoms with E-state index in [1.54, 1.807) is 6.08 Å². The molecule has 1 atom stereocenters. The van der Waals surface area contributed by atoms with Crippen molar-refractivity contribution in [1.29, 1.82) is 0 Å². The second kappa shape index (κ2) is 6.17. The molecule has 0 aliphatic carbocycles. The number of thiophene rings is 1. The van der Waals surface area contributed by atoms with Gasteiger partial charge in [-0.2, -0.15) is 0 Å². The fourth-order valence-corrected chi connectivity index (χ4v) is 1.93. The van der Waals surface area contributed by atoms with E-state index in [0.29, 0.717) is 0 Å². The topological polar surface area (TPSA) is 86.6 Å². The van der Waals surface area contributed by atoms with Crippen LogP contribution in [-0.4, -0.2) is 34.7 Å². The first-order chi connectivity index (χ1) is 8.04. The summed E-state index contributed by atoms with van der Waals surface area (Å²) in [6.45, 7) is 1.29. The summed E-state index contributed by atoms with van der Waals surface area (Å²) in [5.41, 5.74) is 1.05. The van der Waals surface area contributed by atoms with Gasteiger partial charge >= 0.3 is 5.97 Å². The number of carboxylic acid groups (broad SMARTS) is 1. The van der Waals surface area contributed by atoms with Crippen molar-refractivity contribution in [3.63, 3.8) is 0 Å². The van der Waals surface area contributed by atoms with Gasteiger partial charge in [0.25, 0.3) is 0 Å². The van der Waals surface area contributed by atoms with Crippen LogP contribution in [0.1, 0.15) is 10.4 Å². The lowest BCUT2D eigenvalue weighted by Gasteiger charge is -2.08. The second-order valence-corrected chi connectivity index (χ2v) is 4.33. The molecular formula is C11H13NO4S. The molecule has 1 aromatic rings. The van der Waals surface area contributed by atoms with Crippen molar-refractivity contribution >= 4 is 29.3 Å². The number of aliphatic hydroxyl groups is 1. The maximum atomic E-state index is 11.4. The Kier molecular flexibility index (Phi) is 4.86. The first-order valence-electron chi connectivity index (χ1n) is 4.91. The van der Waals surface area contributed by atoms with Crippen LogP contribution in [0.5, 0.6) is 0 Å². The highest BCUT2D eigenvalue weighted by molar-refractivity contribution is 7.11. The van der Waals surface area contributed by atoms with Gasteiger partial charge < -0.3 is 15.5 Å². The number of aliphatic carboxylic acids is 1. The number of nitrogens with one attached hydrogen (secondary N) is 1. The summed E-state index contributed by atoms with van der Waals surface area (Å²) in [7, 11) is 0. The van der Waals surface area contributed by atoms with E-state index in [4.69, 9.17) is 10.2 Å². The third-order valence-electron chi connectivity index (χ3n) is 2.08. The Labute approximate surface area is 102 Å². The summed E-state index contributed by atoms with van der Waals surface area (Å²) < 4.78 is 0. The van der Waals surface area contributed by atoms with Gasteiger partial charge in [0, 0.05) is 11.0 Å². The summed E-state index contributed by atoms with van der Waals surface area (Å²) in [5.74, 6) is -1.80. The first-order valence-corrected chi connectivity index (χ1v) is 5.79. The van der Waals surface area contributed by atoms with Crippen LogP contribution in [0, 0.1) is 6.92 Å². The smallest absolute Gasteiger partial charge is 0.328 e. The first kappa shape index (κ1) is 13.4. The van der Waals surface area contributed by atoms with Crippen molar-refractivity contribution in [2.24, 2.45) is 0 Å². The van der Waals surface area contributed by atoms with Crippen LogP contribution in [0.3, 0.4) is 0 Å². The van der Waals surface area contributed by atoms with Crippen molar-refractivity contribution in [2.45, 2.75) is 13.0 Å². The number of hydrogen-bond donors (Lipinski definition) is 3. The highest BCUT2D eigenvalue weighted by Gasteiger charge is 2.17. The molecule has 0 spiro atoms. The average molecular weight is 255 g/mol. The maximum absolute atomic E-state index is 11.4. The molecule has 1 amide bonds. The number of carbonyl (C=O) groups is 2. The fraction of sp³-hybridized carbons (Fsp3) is 0.273. The Bertz CT molecular complexity index is 438. The molecule has 0 radical (unpaired) electrons. The molecule has 1 aromatic heterocycles. The number of hydrogen-bond acceptors (Lipinski definition) is 4. The van der Waals surface area contributed by atoms with Crippen LogP contribution in [0.4, 0.5) is 0 Å². The third kappa shape index (κ3) is 4.01. The number of amides is 1. The van der Waals surface area contributed by atoms with Gasteiger partial charge in [-0.15, -0.1) is 11.3 Å². The Morgan fingerprint density at radius 1 is 1.59 bits per heavy atom. The molecule has 1 heterocycles. The summed E-state index contributed by atoms with van der Waals surface area (Å²) in [4.78, 5) is 22.9. The van der Waals surface area contributed by atoms with Crippen LogP contribution in [0.25, 0.3) is 6.08 Å². The highest BCUT2D eigenvalue weighted by atomic mass is 32.1. The predicted molar refractivity (Wildman–Crippen MR) is 64.7 cm³/mol. The van der Waals surface area contributed by atoms with Crippen molar-refractivity contribution in [3.8, 4) is 0 Å². The highest BCUT2D eigenvalue weighted by Crippen LogP contribution is 2.16. The van der Waals surface area contributed by atoms with E-state index in [2.05, 4.69) is 5.32 Å². The minimum absolute atomic E-state index is 0.542. The van der Waals surface area contributed by atoms with E-state index in [-0.39, 0.29) is 0 Å². The Morgan fingerprint density at radius 3 is 2.76 bits per heavy atom. The van der Waals surface area contributed by atoms with E-state index in [9.17, 15) is 9.59 Å². The van der Waals surface area contributed by atoms with Crippen molar-refractivity contribution in [2.75, 3.05) is 6.61 Å². The number of aliphatic hydroxyl groups excluding tert-OH is 1. The molecular weight excluding hydrogens is 242 g/mol. The molecule has 0 bridgehead atoms. The SMILES string of the molecule is Cc1ccsc1/C=C/C(=O)NC(CO)C(=O)O. The van der Waals surface area contributed by atoms with E-state index < -0.39 is 24.5 Å². The predicted octanol–water partition coefficient (Wildman–Crippen LogP) is 0.631. The number of carboxylic acids is 1. The molecule has 0 saturated heterocycles. The molecule has 0 aromatic carbocycles. The zero-order valence-electron chi connectivity index (χ0n) is 9.21. The molecule has 0 fully saturated rings. The average Bonchev–Trinajstić information content (AvgIpc) is 2.68. The van der Waals surface area contributed by atoms with E-state index in [0.717, 1.165) is 10.4 Å². The lowest BCUT2D eigenvalue weighted by atomic mass is 10.2. The largest absolute Gasteiger partial charge is 0.480 e. The van der Waals surface area contributed by atoms with Crippen LogP contribution in [0.15, 0.2) is 17.5 Å². The van der Waals surface area contributed by atoms with Gasteiger partial charge in [-0.05, 0) is 30.0 Å². The van der Waals surface area contributed by atoms with Crippen molar-refractivity contribution in [1.82, 2.24) is 5.32 Å². The van der Waals surface area contributed by atoms with Crippen molar-refractivity contribution < 1.29 is 19.8 Å². The normalized spacial score (nSPS) is 12.6. The van der Waals surface area contributed by atoms with Gasteiger partial charge in [-0.3, -0.25) is 4.79 Å². The monoisotopic (exact) mass is 255 g/mol. The molecule has 5 nitrogen and oxygen atoms in total. The fourth-order valence-electron chi connectivity index (χ4n) is 1.11. The molecule has 0 saturated carbocycles. The Morgan fingerprint density at radius 2 is 2.29 bits per heavy atom. The molecule has 0 aliphatic heterocycles. The van der Waals surface area contributed by atoms with E-state index >= 15 is 0 Å². The molecule has 6 heteroatoms. The summed E-state index contributed by atoms with van der Waals surface area (Å²) in [6, 6.07) is 0.660. The van der Waals surface area contributed by atoms with Gasteiger partial charge in [0.05, 0.1) is 6.61 Å². The minimum atomic E-state index is -1.27. The van der Waals surface area contributed by atoms with Gasteiger partial charge in [-0.1, -0.05) is 0 Å². The minimum Gasteiger partial charge on any atom is -0.480 e. The lowest BCUT2D eigenvalue weighted by Crippen LogP contribution is -2.42. The number of rotatable bonds is 5. The lowest BCUT2D eigenvalue weighted by molar-refractivity contribution is -0.142. The molecule has 1 rings (SSSR count). The van der Waals surface area contributed by atoms with Gasteiger partial charge in [0.1, 0.15) is 0 Å². The second-order valence-electron chi connectivity index (χ2n) is 3.38. The summed E-state index contributed by atoms with van der Waals surface area (Å²) >= 11 is 1.49. The zero-order chi connectivity index (χ0) is 12.8. The molecule has 17 heavy (non-hydrogen) atoms. The molecule has 92 valence electrons. The van der Waals surface area contributed by atoms with Crippen LogP contribution in [0.2, 0.25) is 0 Å². The molecule has 0 aliphatic rings. The third-order valence-corrected chi connectivity index (χ3v) is 3.07. The molecule has 3 N–H and O–H groups in total. The standard InChI is InChI=1S/C11H13NO4S/c1-7-4-5-17-9(7)2-3-10(14)12-8(6-13)11(15)16/h2-5,8,13H,6H2,1H3,(H,12,14)(H,15,16)/b3-2+. The quantitative estimate of drug-likeness (QED) is 0.674.